The molecule has 1 atom stereocenters. The van der Waals surface area contributed by atoms with Gasteiger partial charge in [0.2, 0.25) is 5.91 Å². The summed E-state index contributed by atoms with van der Waals surface area (Å²) in [6.07, 6.45) is 2.20. The summed E-state index contributed by atoms with van der Waals surface area (Å²) in [5, 5.41) is 7.18. The van der Waals surface area contributed by atoms with Gasteiger partial charge in [-0.25, -0.2) is 9.97 Å². The third-order valence-corrected chi connectivity index (χ3v) is 7.28. The number of methoxy groups -OCH3 is 1. The lowest BCUT2D eigenvalue weighted by Gasteiger charge is -2.16. The number of aromatic nitrogens is 2. The van der Waals surface area contributed by atoms with Gasteiger partial charge in [-0.2, -0.15) is 0 Å². The van der Waals surface area contributed by atoms with Crippen molar-refractivity contribution >= 4 is 56.5 Å². The van der Waals surface area contributed by atoms with Gasteiger partial charge in [-0.1, -0.05) is 54.6 Å². The number of thiophene rings is 1. The molecule has 2 aromatic heterocycles. The first kappa shape index (κ1) is 21.6. The lowest BCUT2D eigenvalue weighted by molar-refractivity contribution is -0.115. The SMILES string of the molecule is CCC(Sc1ncnc2scc(-c3ccc(Cl)cc3)c12)C(=O)Nc1ccccc1OC. The van der Waals surface area contributed by atoms with Gasteiger partial charge in [-0.3, -0.25) is 4.79 Å². The second kappa shape index (κ2) is 9.68. The Morgan fingerprint density at radius 2 is 1.97 bits per heavy atom. The largest absolute Gasteiger partial charge is 0.495 e. The minimum absolute atomic E-state index is 0.0907. The van der Waals surface area contributed by atoms with Crippen molar-refractivity contribution in [1.29, 1.82) is 0 Å². The Bertz CT molecular complexity index is 1210. The average molecular weight is 470 g/mol. The Labute approximate surface area is 193 Å². The Morgan fingerprint density at radius 1 is 1.19 bits per heavy atom. The van der Waals surface area contributed by atoms with Crippen molar-refractivity contribution in [2.24, 2.45) is 0 Å². The highest BCUT2D eigenvalue weighted by atomic mass is 35.5. The number of halogens is 1. The van der Waals surface area contributed by atoms with Crippen molar-refractivity contribution in [3.8, 4) is 16.9 Å². The fourth-order valence-corrected chi connectivity index (χ4v) is 5.34. The van der Waals surface area contributed by atoms with Crippen LogP contribution in [-0.4, -0.2) is 28.2 Å². The van der Waals surface area contributed by atoms with Gasteiger partial charge in [0, 0.05) is 16.0 Å². The number of hydrogen-bond acceptors (Lipinski definition) is 6. The number of benzene rings is 2. The molecule has 2 heterocycles. The Balaban J connectivity index is 1.64. The summed E-state index contributed by atoms with van der Waals surface area (Å²) in [6.45, 7) is 1.99. The number of carbonyl (C=O) groups is 1. The Hall–Kier alpha value is -2.61. The molecule has 0 saturated heterocycles. The van der Waals surface area contributed by atoms with Gasteiger partial charge in [-0.15, -0.1) is 11.3 Å². The molecule has 0 fully saturated rings. The van der Waals surface area contributed by atoms with E-state index in [0.717, 1.165) is 26.4 Å². The maximum Gasteiger partial charge on any atom is 0.238 e. The smallest absolute Gasteiger partial charge is 0.238 e. The van der Waals surface area contributed by atoms with Crippen LogP contribution >= 0.6 is 34.7 Å². The minimum Gasteiger partial charge on any atom is -0.495 e. The lowest BCUT2D eigenvalue weighted by Crippen LogP contribution is -2.25. The number of rotatable bonds is 7. The van der Waals surface area contributed by atoms with Crippen molar-refractivity contribution in [2.45, 2.75) is 23.6 Å². The van der Waals surface area contributed by atoms with Crippen molar-refractivity contribution in [2.75, 3.05) is 12.4 Å². The molecule has 1 amide bonds. The van der Waals surface area contributed by atoms with E-state index < -0.39 is 0 Å². The van der Waals surface area contributed by atoms with Gasteiger partial charge in [0.25, 0.3) is 0 Å². The molecule has 0 aliphatic heterocycles. The summed E-state index contributed by atoms with van der Waals surface area (Å²) in [7, 11) is 1.59. The molecule has 5 nitrogen and oxygen atoms in total. The summed E-state index contributed by atoms with van der Waals surface area (Å²) < 4.78 is 5.35. The number of carbonyl (C=O) groups excluding carboxylic acids is 1. The molecule has 1 unspecified atom stereocenters. The predicted molar refractivity (Wildman–Crippen MR) is 129 cm³/mol. The summed E-state index contributed by atoms with van der Waals surface area (Å²) >= 11 is 9.07. The third kappa shape index (κ3) is 4.69. The number of nitrogens with one attached hydrogen (secondary N) is 1. The van der Waals surface area contributed by atoms with Crippen LogP contribution < -0.4 is 10.1 Å². The fourth-order valence-electron chi connectivity index (χ4n) is 3.20. The van der Waals surface area contributed by atoms with E-state index in [0.29, 0.717) is 22.9 Å². The first-order chi connectivity index (χ1) is 15.1. The van der Waals surface area contributed by atoms with E-state index in [1.807, 2.05) is 55.5 Å². The van der Waals surface area contributed by atoms with Crippen LogP contribution in [0.2, 0.25) is 5.02 Å². The van der Waals surface area contributed by atoms with Gasteiger partial charge in [0.05, 0.1) is 23.4 Å². The second-order valence-corrected chi connectivity index (χ2v) is 9.21. The number of amides is 1. The molecule has 0 aliphatic rings. The quantitative estimate of drug-likeness (QED) is 0.246. The molecule has 8 heteroatoms. The van der Waals surface area contributed by atoms with Crippen LogP contribution in [0.1, 0.15) is 13.3 Å². The number of ether oxygens (including phenoxy) is 1. The van der Waals surface area contributed by atoms with E-state index in [1.165, 1.54) is 11.8 Å². The molecule has 0 radical (unpaired) electrons. The first-order valence-corrected chi connectivity index (χ1v) is 11.8. The molecule has 4 aromatic rings. The topological polar surface area (TPSA) is 64.1 Å². The summed E-state index contributed by atoms with van der Waals surface area (Å²) in [5.74, 6) is 0.537. The van der Waals surface area contributed by atoms with E-state index in [4.69, 9.17) is 16.3 Å². The minimum atomic E-state index is -0.319. The monoisotopic (exact) mass is 469 g/mol. The second-order valence-electron chi connectivity index (χ2n) is 6.72. The molecule has 0 saturated carbocycles. The van der Waals surface area contributed by atoms with Crippen LogP contribution in [0.15, 0.2) is 65.3 Å². The molecule has 158 valence electrons. The number of fused-ring (bicyclic) bond motifs is 1. The summed E-state index contributed by atoms with van der Waals surface area (Å²) in [6, 6.07) is 15.1. The first-order valence-electron chi connectivity index (χ1n) is 9.69. The van der Waals surface area contributed by atoms with E-state index in [-0.39, 0.29) is 11.2 Å². The standard InChI is InChI=1S/C23H20ClN3O2S2/c1-3-19(21(28)27-17-6-4-5-7-18(17)29-2)31-23-20-16(12-30-22(20)25-13-26-23)14-8-10-15(24)11-9-14/h4-13,19H,3H2,1-2H3,(H,27,28). The van der Waals surface area contributed by atoms with Gasteiger partial charge in [-0.05, 0) is 36.2 Å². The number of thioether (sulfide) groups is 1. The highest BCUT2D eigenvalue weighted by molar-refractivity contribution is 8.00. The van der Waals surface area contributed by atoms with Crippen LogP contribution in [0.5, 0.6) is 5.75 Å². The normalized spacial score (nSPS) is 12.0. The van der Waals surface area contributed by atoms with Gasteiger partial charge in [0.1, 0.15) is 21.9 Å². The molecule has 0 spiro atoms. The van der Waals surface area contributed by atoms with E-state index in [1.54, 1.807) is 24.8 Å². The third-order valence-electron chi connectivity index (χ3n) is 4.77. The molecular formula is C23H20ClN3O2S2. The molecule has 31 heavy (non-hydrogen) atoms. The van der Waals surface area contributed by atoms with E-state index in [2.05, 4.69) is 20.7 Å². The number of anilines is 1. The van der Waals surface area contributed by atoms with Gasteiger partial charge in [0.15, 0.2) is 0 Å². The van der Waals surface area contributed by atoms with Crippen molar-refractivity contribution < 1.29 is 9.53 Å². The summed E-state index contributed by atoms with van der Waals surface area (Å²) in [4.78, 5) is 22.9. The number of hydrogen-bond donors (Lipinski definition) is 1. The van der Waals surface area contributed by atoms with Crippen LogP contribution in [0.25, 0.3) is 21.3 Å². The molecule has 2 aromatic carbocycles. The maximum atomic E-state index is 13.0. The zero-order chi connectivity index (χ0) is 21.8. The van der Waals surface area contributed by atoms with Crippen LogP contribution in [0.4, 0.5) is 5.69 Å². The Morgan fingerprint density at radius 3 is 2.71 bits per heavy atom. The molecule has 4 rings (SSSR count). The van der Waals surface area contributed by atoms with Crippen molar-refractivity contribution in [3.05, 3.63) is 65.3 Å². The number of nitrogens with zero attached hydrogens (tertiary/aromatic N) is 2. The van der Waals surface area contributed by atoms with Crippen LogP contribution in [0, 0.1) is 0 Å². The molecule has 0 bridgehead atoms. The highest BCUT2D eigenvalue weighted by Gasteiger charge is 2.23. The van der Waals surface area contributed by atoms with Crippen LogP contribution in [-0.2, 0) is 4.79 Å². The van der Waals surface area contributed by atoms with Crippen molar-refractivity contribution in [1.82, 2.24) is 9.97 Å². The van der Waals surface area contributed by atoms with E-state index in [9.17, 15) is 4.79 Å². The predicted octanol–water partition coefficient (Wildman–Crippen LogP) is 6.53. The molecular weight excluding hydrogens is 450 g/mol. The van der Waals surface area contributed by atoms with Crippen molar-refractivity contribution in [3.63, 3.8) is 0 Å². The molecule has 1 N–H and O–H groups in total. The molecule has 0 aliphatic carbocycles. The number of para-hydroxylation sites is 2. The zero-order valence-electron chi connectivity index (χ0n) is 17.0. The van der Waals surface area contributed by atoms with E-state index >= 15 is 0 Å². The average Bonchev–Trinajstić information content (AvgIpc) is 3.23. The Kier molecular flexibility index (Phi) is 6.75. The summed E-state index contributed by atoms with van der Waals surface area (Å²) in [5.41, 5.74) is 2.73. The maximum absolute atomic E-state index is 13.0. The van der Waals surface area contributed by atoms with Gasteiger partial charge >= 0.3 is 0 Å². The lowest BCUT2D eigenvalue weighted by atomic mass is 10.1. The zero-order valence-corrected chi connectivity index (χ0v) is 19.4. The fraction of sp³-hybridized carbons (Fsp3) is 0.174. The highest BCUT2D eigenvalue weighted by Crippen LogP contribution is 2.40. The van der Waals surface area contributed by atoms with Gasteiger partial charge < -0.3 is 10.1 Å². The van der Waals surface area contributed by atoms with Crippen LogP contribution in [0.3, 0.4) is 0 Å².